The van der Waals surface area contributed by atoms with Crippen LogP contribution in [-0.4, -0.2) is 84.2 Å². The van der Waals surface area contributed by atoms with Crippen molar-refractivity contribution in [3.63, 3.8) is 0 Å². The molecule has 1 N–H and O–H groups in total. The molecule has 3 atom stereocenters. The van der Waals surface area contributed by atoms with Crippen LogP contribution in [0.2, 0.25) is 0 Å². The summed E-state index contributed by atoms with van der Waals surface area (Å²) in [7, 11) is 0. The van der Waals surface area contributed by atoms with E-state index in [1.54, 1.807) is 31.7 Å². The topological polar surface area (TPSA) is 113 Å². The molecule has 4 rings (SSSR count). The van der Waals surface area contributed by atoms with Crippen molar-refractivity contribution in [1.82, 2.24) is 10.2 Å². The lowest BCUT2D eigenvalue weighted by atomic mass is 9.82. The van der Waals surface area contributed by atoms with Crippen LogP contribution in [0.4, 0.5) is 9.18 Å². The quantitative estimate of drug-likeness (QED) is 0.392. The first kappa shape index (κ1) is 34.0. The maximum Gasteiger partial charge on any atom is 0.410 e. The van der Waals surface area contributed by atoms with Crippen LogP contribution >= 0.6 is 0 Å². The van der Waals surface area contributed by atoms with E-state index in [1.165, 1.54) is 6.07 Å². The summed E-state index contributed by atoms with van der Waals surface area (Å²) >= 11 is 0. The van der Waals surface area contributed by atoms with Crippen LogP contribution in [0.3, 0.4) is 0 Å². The Morgan fingerprint density at radius 2 is 1.75 bits per heavy atom. The fraction of sp³-hybridized carbons (Fsp3) is 0.727. The molecular weight excluding hydrogens is 571 g/mol. The Hall–Kier alpha value is -2.92. The molecule has 1 saturated carbocycles. The second-order valence-electron chi connectivity index (χ2n) is 14.3. The highest BCUT2D eigenvalue weighted by atomic mass is 19.1. The van der Waals surface area contributed by atoms with Crippen LogP contribution in [0.5, 0.6) is 5.75 Å². The van der Waals surface area contributed by atoms with Gasteiger partial charge < -0.3 is 29.0 Å². The van der Waals surface area contributed by atoms with E-state index in [-0.39, 0.29) is 56.0 Å². The molecule has 11 heteroatoms. The lowest BCUT2D eigenvalue weighted by Gasteiger charge is -2.41. The number of amides is 2. The van der Waals surface area contributed by atoms with Gasteiger partial charge in [0.25, 0.3) is 0 Å². The smallest absolute Gasteiger partial charge is 0.410 e. The summed E-state index contributed by atoms with van der Waals surface area (Å²) in [5.41, 5.74) is -1.23. The van der Waals surface area contributed by atoms with Gasteiger partial charge in [0.05, 0.1) is 43.9 Å². The van der Waals surface area contributed by atoms with E-state index in [0.29, 0.717) is 13.0 Å². The lowest BCUT2D eigenvalue weighted by Crippen LogP contribution is -2.65. The van der Waals surface area contributed by atoms with Crippen LogP contribution in [0.25, 0.3) is 0 Å². The second-order valence-corrected chi connectivity index (χ2v) is 14.3. The Kier molecular flexibility index (Phi) is 10.5. The van der Waals surface area contributed by atoms with E-state index in [1.807, 2.05) is 33.8 Å². The predicted octanol–water partition coefficient (Wildman–Crippen LogP) is 5.26. The summed E-state index contributed by atoms with van der Waals surface area (Å²) in [5, 5.41) is 3.11. The van der Waals surface area contributed by atoms with Crippen molar-refractivity contribution >= 4 is 18.0 Å². The first-order valence-electron chi connectivity index (χ1n) is 15.7. The molecule has 2 heterocycles. The van der Waals surface area contributed by atoms with E-state index < -0.39 is 40.7 Å². The fourth-order valence-electron chi connectivity index (χ4n) is 6.56. The zero-order valence-electron chi connectivity index (χ0n) is 27.2. The van der Waals surface area contributed by atoms with Gasteiger partial charge in [-0.1, -0.05) is 12.1 Å². The second kappa shape index (κ2) is 13.6. The van der Waals surface area contributed by atoms with Gasteiger partial charge in [-0.3, -0.25) is 14.5 Å². The number of nitrogens with one attached hydrogen (secondary N) is 1. The molecule has 0 radical (unpaired) electrons. The summed E-state index contributed by atoms with van der Waals surface area (Å²) < 4.78 is 43.8. The molecule has 3 fully saturated rings. The summed E-state index contributed by atoms with van der Waals surface area (Å²) in [6, 6.07) is 4.29. The van der Waals surface area contributed by atoms with Crippen molar-refractivity contribution in [2.75, 3.05) is 26.4 Å². The van der Waals surface area contributed by atoms with Crippen molar-refractivity contribution < 1.29 is 42.5 Å². The molecular formula is C33H49FN2O8. The van der Waals surface area contributed by atoms with Crippen molar-refractivity contribution in [3.8, 4) is 5.75 Å². The summed E-state index contributed by atoms with van der Waals surface area (Å²) in [5.74, 6) is -0.799. The highest BCUT2D eigenvalue weighted by Crippen LogP contribution is 2.41. The molecule has 1 aromatic rings. The average molecular weight is 621 g/mol. The number of para-hydroxylation sites is 1. The number of morpholine rings is 1. The van der Waals surface area contributed by atoms with E-state index >= 15 is 0 Å². The predicted molar refractivity (Wildman–Crippen MR) is 161 cm³/mol. The monoisotopic (exact) mass is 620 g/mol. The van der Waals surface area contributed by atoms with Crippen LogP contribution in [0, 0.1) is 5.82 Å². The molecule has 10 nitrogen and oxygen atoms in total. The van der Waals surface area contributed by atoms with Crippen LogP contribution in [0.15, 0.2) is 18.2 Å². The third-order valence-electron chi connectivity index (χ3n) is 8.27. The summed E-state index contributed by atoms with van der Waals surface area (Å²) in [4.78, 5) is 39.5. The summed E-state index contributed by atoms with van der Waals surface area (Å²) in [6.45, 7) is 13.4. The largest absolute Gasteiger partial charge is 0.490 e. The Bertz CT molecular complexity index is 1190. The molecule has 1 aromatic carbocycles. The third kappa shape index (κ3) is 8.62. The molecule has 0 aromatic heterocycles. The van der Waals surface area contributed by atoms with Crippen LogP contribution in [-0.2, 0) is 28.5 Å². The maximum absolute atomic E-state index is 14.9. The number of hydrogen-bond donors (Lipinski definition) is 1. The number of esters is 1. The van der Waals surface area contributed by atoms with E-state index in [2.05, 4.69) is 5.32 Å². The van der Waals surface area contributed by atoms with Gasteiger partial charge in [0.2, 0.25) is 5.91 Å². The Morgan fingerprint density at radius 1 is 1.07 bits per heavy atom. The minimum atomic E-state index is -0.754. The molecule has 2 amide bonds. The molecule has 2 aliphatic heterocycles. The molecule has 1 spiro atoms. The fourth-order valence-corrected chi connectivity index (χ4v) is 6.56. The highest BCUT2D eigenvalue weighted by Gasteiger charge is 2.56. The SMILES string of the molecule is C[C@@H]1CC2(COCC(=O)N2)C(COC2CCC(c3cccc(F)c3OCCC(=O)OC(C)(C)C)CC2)N1C(=O)OC(C)(C)C. The molecule has 3 aliphatic rings. The van der Waals surface area contributed by atoms with Gasteiger partial charge >= 0.3 is 12.1 Å². The molecule has 2 saturated heterocycles. The molecule has 2 unspecified atom stereocenters. The number of ether oxygens (including phenoxy) is 5. The van der Waals surface area contributed by atoms with Crippen LogP contribution < -0.4 is 10.1 Å². The number of likely N-dealkylation sites (tertiary alicyclic amines) is 1. The normalized spacial score (nSPS) is 27.6. The maximum atomic E-state index is 14.9. The van der Waals surface area contributed by atoms with Gasteiger partial charge in [0, 0.05) is 11.6 Å². The molecule has 0 bridgehead atoms. The minimum Gasteiger partial charge on any atom is -0.490 e. The standard InChI is InChI=1S/C33H49FN2O8/c1-21-17-33(20-40-19-27(37)35-33)26(36(21)30(39)44-32(5,6)7)18-42-23-13-11-22(12-14-23)24-9-8-10-25(34)29(24)41-16-15-28(38)43-31(2,3)4/h8-10,21-23,26H,11-20H2,1-7H3,(H,35,37)/t21-,22?,23?,26?,33?/m1/s1. The van der Waals surface area contributed by atoms with Crippen molar-refractivity contribution in [1.29, 1.82) is 0 Å². The highest BCUT2D eigenvalue weighted by molar-refractivity contribution is 5.79. The third-order valence-corrected chi connectivity index (χ3v) is 8.27. The van der Waals surface area contributed by atoms with Gasteiger partial charge in [-0.25, -0.2) is 9.18 Å². The van der Waals surface area contributed by atoms with E-state index in [4.69, 9.17) is 23.7 Å². The number of rotatable bonds is 8. The van der Waals surface area contributed by atoms with Crippen molar-refractivity contribution in [2.45, 2.75) is 128 Å². The minimum absolute atomic E-state index is 0.00700. The molecule has 1 aliphatic carbocycles. The van der Waals surface area contributed by atoms with Gasteiger partial charge in [0.1, 0.15) is 17.8 Å². The number of hydrogen-bond acceptors (Lipinski definition) is 8. The zero-order chi connectivity index (χ0) is 32.3. The molecule has 44 heavy (non-hydrogen) atoms. The van der Waals surface area contributed by atoms with Gasteiger partial charge in [0.15, 0.2) is 11.6 Å². The first-order chi connectivity index (χ1) is 20.6. The van der Waals surface area contributed by atoms with Gasteiger partial charge in [-0.15, -0.1) is 0 Å². The first-order valence-corrected chi connectivity index (χ1v) is 15.7. The average Bonchev–Trinajstić information content (AvgIpc) is 3.16. The molecule has 246 valence electrons. The Balaban J connectivity index is 1.38. The number of benzene rings is 1. The Labute approximate surface area is 260 Å². The van der Waals surface area contributed by atoms with Crippen LogP contribution in [0.1, 0.15) is 98.5 Å². The van der Waals surface area contributed by atoms with Gasteiger partial charge in [-0.2, -0.15) is 0 Å². The number of carbonyl (C=O) groups is 3. The number of carbonyl (C=O) groups excluding carboxylic acids is 3. The van der Waals surface area contributed by atoms with E-state index in [9.17, 15) is 18.8 Å². The number of nitrogens with zero attached hydrogens (tertiary/aromatic N) is 1. The number of halogens is 1. The van der Waals surface area contributed by atoms with Gasteiger partial charge in [-0.05, 0) is 92.6 Å². The van der Waals surface area contributed by atoms with E-state index in [0.717, 1.165) is 31.2 Å². The zero-order valence-corrected chi connectivity index (χ0v) is 27.2. The summed E-state index contributed by atoms with van der Waals surface area (Å²) in [6.07, 6.45) is 3.06. The van der Waals surface area contributed by atoms with Crippen molar-refractivity contribution in [3.05, 3.63) is 29.6 Å². The Morgan fingerprint density at radius 3 is 2.39 bits per heavy atom. The van der Waals surface area contributed by atoms with Crippen molar-refractivity contribution in [2.24, 2.45) is 0 Å². The lowest BCUT2D eigenvalue weighted by molar-refractivity contribution is -0.155.